The maximum absolute atomic E-state index is 12.0. The van der Waals surface area contributed by atoms with Crippen LogP contribution >= 0.6 is 0 Å². The molecule has 2 unspecified atom stereocenters. The number of allylic oxidation sites excluding steroid dienone is 2. The van der Waals surface area contributed by atoms with Gasteiger partial charge in [-0.05, 0) is 26.2 Å². The number of nitrogens with one attached hydrogen (secondary N) is 1. The van der Waals surface area contributed by atoms with Crippen molar-refractivity contribution in [3.8, 4) is 0 Å². The third-order valence-electron chi connectivity index (χ3n) is 3.16. The van der Waals surface area contributed by atoms with Gasteiger partial charge < -0.3 is 5.32 Å². The first-order valence-corrected chi connectivity index (χ1v) is 6.46. The zero-order chi connectivity index (χ0) is 12.8. The third-order valence-corrected chi connectivity index (χ3v) is 3.16. The maximum Gasteiger partial charge on any atom is 0.223 e. The molecule has 0 saturated heterocycles. The zero-order valence-corrected chi connectivity index (χ0v) is 10.7. The second-order valence-electron chi connectivity index (χ2n) is 4.79. The molecule has 0 bridgehead atoms. The summed E-state index contributed by atoms with van der Waals surface area (Å²) in [5, 5.41) is 3.06. The molecule has 2 atom stereocenters. The summed E-state index contributed by atoms with van der Waals surface area (Å²) >= 11 is 0. The maximum atomic E-state index is 12.0. The number of hydrogen-bond donors (Lipinski definition) is 1. The molecule has 2 rings (SSSR count). The van der Waals surface area contributed by atoms with Gasteiger partial charge >= 0.3 is 0 Å². The van der Waals surface area contributed by atoms with E-state index in [1.54, 1.807) is 18.6 Å². The lowest BCUT2D eigenvalue weighted by Crippen LogP contribution is -2.38. The molecular weight excluding hydrogens is 226 g/mol. The van der Waals surface area contributed by atoms with E-state index < -0.39 is 0 Å². The Morgan fingerprint density at radius 3 is 3.06 bits per heavy atom. The van der Waals surface area contributed by atoms with Crippen LogP contribution in [0.2, 0.25) is 0 Å². The van der Waals surface area contributed by atoms with Crippen LogP contribution in [0.5, 0.6) is 0 Å². The lowest BCUT2D eigenvalue weighted by molar-refractivity contribution is -0.125. The highest BCUT2D eigenvalue weighted by atomic mass is 16.1. The van der Waals surface area contributed by atoms with Crippen molar-refractivity contribution in [2.24, 2.45) is 5.92 Å². The van der Waals surface area contributed by atoms with Crippen molar-refractivity contribution in [3.63, 3.8) is 0 Å². The summed E-state index contributed by atoms with van der Waals surface area (Å²) in [4.78, 5) is 20.3. The van der Waals surface area contributed by atoms with Crippen molar-refractivity contribution >= 4 is 5.91 Å². The van der Waals surface area contributed by atoms with Crippen LogP contribution < -0.4 is 5.32 Å². The molecule has 0 aromatic carbocycles. The van der Waals surface area contributed by atoms with Gasteiger partial charge in [0.2, 0.25) is 5.91 Å². The van der Waals surface area contributed by atoms with Crippen LogP contribution in [0, 0.1) is 5.92 Å². The summed E-state index contributed by atoms with van der Waals surface area (Å²) in [6.45, 7) is 2.01. The zero-order valence-electron chi connectivity index (χ0n) is 10.7. The molecule has 1 N–H and O–H groups in total. The topological polar surface area (TPSA) is 54.9 Å². The Balaban J connectivity index is 1.82. The number of hydrogen-bond acceptors (Lipinski definition) is 3. The van der Waals surface area contributed by atoms with Gasteiger partial charge in [0.25, 0.3) is 0 Å². The lowest BCUT2D eigenvalue weighted by Gasteiger charge is -2.20. The monoisotopic (exact) mass is 245 g/mol. The molecule has 0 spiro atoms. The summed E-state index contributed by atoms with van der Waals surface area (Å²) < 4.78 is 0. The van der Waals surface area contributed by atoms with Gasteiger partial charge in [-0.25, -0.2) is 0 Å². The van der Waals surface area contributed by atoms with E-state index in [1.807, 2.05) is 6.92 Å². The molecule has 4 heteroatoms. The van der Waals surface area contributed by atoms with Crippen LogP contribution in [0.3, 0.4) is 0 Å². The quantitative estimate of drug-likeness (QED) is 0.824. The van der Waals surface area contributed by atoms with E-state index in [4.69, 9.17) is 0 Å². The predicted molar refractivity (Wildman–Crippen MR) is 69.8 cm³/mol. The van der Waals surface area contributed by atoms with Crippen LogP contribution in [0.4, 0.5) is 0 Å². The van der Waals surface area contributed by atoms with Crippen molar-refractivity contribution < 1.29 is 4.79 Å². The second kappa shape index (κ2) is 6.28. The minimum atomic E-state index is 0.0973. The largest absolute Gasteiger partial charge is 0.353 e. The minimum Gasteiger partial charge on any atom is -0.353 e. The molecule has 1 aromatic heterocycles. The lowest BCUT2D eigenvalue weighted by atomic mass is 9.93. The number of carbonyl (C=O) groups excluding carboxylic acids is 1. The molecule has 1 aromatic rings. The SMILES string of the molecule is CC(Cc1cnccn1)NC(=O)C1CC=CCC1. The first-order chi connectivity index (χ1) is 8.75. The average Bonchev–Trinajstić information content (AvgIpc) is 2.40. The van der Waals surface area contributed by atoms with Crippen LogP contribution in [-0.2, 0) is 11.2 Å². The number of nitrogens with zero attached hydrogens (tertiary/aromatic N) is 2. The van der Waals surface area contributed by atoms with Gasteiger partial charge in [-0.1, -0.05) is 12.2 Å². The highest BCUT2D eigenvalue weighted by molar-refractivity contribution is 5.79. The van der Waals surface area contributed by atoms with Gasteiger partial charge in [0, 0.05) is 37.0 Å². The normalized spacial score (nSPS) is 20.4. The van der Waals surface area contributed by atoms with Crippen LogP contribution in [-0.4, -0.2) is 21.9 Å². The fourth-order valence-corrected chi connectivity index (χ4v) is 2.19. The van der Waals surface area contributed by atoms with Gasteiger partial charge in [0.15, 0.2) is 0 Å². The molecule has 0 aliphatic heterocycles. The van der Waals surface area contributed by atoms with E-state index in [0.29, 0.717) is 0 Å². The molecule has 0 fully saturated rings. The first-order valence-electron chi connectivity index (χ1n) is 6.46. The summed E-state index contributed by atoms with van der Waals surface area (Å²) in [5.74, 6) is 0.301. The molecule has 1 heterocycles. The Morgan fingerprint density at radius 1 is 1.50 bits per heavy atom. The van der Waals surface area contributed by atoms with Crippen LogP contribution in [0.1, 0.15) is 31.9 Å². The van der Waals surface area contributed by atoms with E-state index in [9.17, 15) is 4.79 Å². The van der Waals surface area contributed by atoms with Gasteiger partial charge in [-0.15, -0.1) is 0 Å². The molecule has 1 aliphatic rings. The van der Waals surface area contributed by atoms with E-state index in [2.05, 4.69) is 27.4 Å². The Bertz CT molecular complexity index is 416. The van der Waals surface area contributed by atoms with E-state index in [0.717, 1.165) is 31.4 Å². The Morgan fingerprint density at radius 2 is 2.39 bits per heavy atom. The smallest absolute Gasteiger partial charge is 0.223 e. The second-order valence-corrected chi connectivity index (χ2v) is 4.79. The molecule has 1 aliphatic carbocycles. The van der Waals surface area contributed by atoms with Gasteiger partial charge in [0.1, 0.15) is 0 Å². The number of amides is 1. The van der Waals surface area contributed by atoms with E-state index in [1.165, 1.54) is 0 Å². The third kappa shape index (κ3) is 3.65. The summed E-state index contributed by atoms with van der Waals surface area (Å²) in [6, 6.07) is 0.0973. The minimum absolute atomic E-state index is 0.0973. The molecule has 4 nitrogen and oxygen atoms in total. The van der Waals surface area contributed by atoms with Crippen LogP contribution in [0.25, 0.3) is 0 Å². The summed E-state index contributed by atoms with van der Waals surface area (Å²) in [5.41, 5.74) is 0.911. The van der Waals surface area contributed by atoms with Crippen LogP contribution in [0.15, 0.2) is 30.7 Å². The van der Waals surface area contributed by atoms with Crippen molar-refractivity contribution in [3.05, 3.63) is 36.4 Å². The fraction of sp³-hybridized carbons (Fsp3) is 0.500. The van der Waals surface area contributed by atoms with E-state index >= 15 is 0 Å². The Hall–Kier alpha value is -1.71. The predicted octanol–water partition coefficient (Wildman–Crippen LogP) is 1.88. The molecule has 18 heavy (non-hydrogen) atoms. The molecule has 96 valence electrons. The van der Waals surface area contributed by atoms with Crippen molar-refractivity contribution in [1.82, 2.24) is 15.3 Å². The molecule has 1 amide bonds. The highest BCUT2D eigenvalue weighted by Gasteiger charge is 2.20. The highest BCUT2D eigenvalue weighted by Crippen LogP contribution is 2.18. The Labute approximate surface area is 108 Å². The van der Waals surface area contributed by atoms with Crippen molar-refractivity contribution in [1.29, 1.82) is 0 Å². The summed E-state index contributed by atoms with van der Waals surface area (Å²) in [7, 11) is 0. The van der Waals surface area contributed by atoms with Gasteiger partial charge in [0.05, 0.1) is 5.69 Å². The molecule has 0 radical (unpaired) electrons. The van der Waals surface area contributed by atoms with Gasteiger partial charge in [-0.2, -0.15) is 0 Å². The van der Waals surface area contributed by atoms with E-state index in [-0.39, 0.29) is 17.9 Å². The van der Waals surface area contributed by atoms with Crippen molar-refractivity contribution in [2.75, 3.05) is 0 Å². The fourth-order valence-electron chi connectivity index (χ4n) is 2.19. The standard InChI is InChI=1S/C14H19N3O/c1-11(9-13-10-15-7-8-16-13)17-14(18)12-5-3-2-4-6-12/h2-3,7-8,10-12H,4-6,9H2,1H3,(H,17,18). The molecule has 0 saturated carbocycles. The van der Waals surface area contributed by atoms with Gasteiger partial charge in [-0.3, -0.25) is 14.8 Å². The molecular formula is C14H19N3O. The summed E-state index contributed by atoms with van der Waals surface area (Å²) in [6.07, 6.45) is 12.9. The average molecular weight is 245 g/mol. The van der Waals surface area contributed by atoms with Crippen molar-refractivity contribution in [2.45, 2.75) is 38.6 Å². The first kappa shape index (κ1) is 12.7. The number of carbonyl (C=O) groups is 1. The Kier molecular flexibility index (Phi) is 4.45. The number of aromatic nitrogens is 2. The number of rotatable bonds is 4.